The Morgan fingerprint density at radius 2 is 1.61 bits per heavy atom. The van der Waals surface area contributed by atoms with Crippen LogP contribution in [0.15, 0.2) is 12.2 Å². The number of carbonyl (C=O) groups excluding carboxylic acids is 1. The maximum absolute atomic E-state index is 11.3. The summed E-state index contributed by atoms with van der Waals surface area (Å²) in [7, 11) is 0. The number of carboxylic acids is 3. The lowest BCUT2D eigenvalue weighted by Gasteiger charge is -2.25. The van der Waals surface area contributed by atoms with Crippen LogP contribution in [0.4, 0.5) is 0 Å². The summed E-state index contributed by atoms with van der Waals surface area (Å²) in [4.78, 5) is 43.4. The molecule has 130 valence electrons. The number of rotatable bonds is 12. The van der Waals surface area contributed by atoms with Gasteiger partial charge in [-0.1, -0.05) is 12.2 Å². The van der Waals surface area contributed by atoms with Gasteiger partial charge < -0.3 is 31.6 Å². The molecule has 0 aromatic carbocycles. The Morgan fingerprint density at radius 1 is 1.04 bits per heavy atom. The van der Waals surface area contributed by atoms with E-state index < -0.39 is 48.5 Å². The van der Waals surface area contributed by atoms with Gasteiger partial charge in [0.15, 0.2) is 0 Å². The normalized spacial score (nSPS) is 15.9. The van der Waals surface area contributed by atoms with Crippen molar-refractivity contribution < 1.29 is 34.5 Å². The zero-order valence-electron chi connectivity index (χ0n) is 12.3. The van der Waals surface area contributed by atoms with Crippen LogP contribution in [0.2, 0.25) is 0 Å². The molecule has 0 fully saturated rings. The zero-order valence-corrected chi connectivity index (χ0v) is 12.3. The minimum atomic E-state index is -1.32. The standard InChI is InChI=1S/C13H21N3O7/c1-6(2-7(14)12(20)21)3-10(13(22)23)16-9(4-11(18)19)8(15)5-17/h5,7-10,16H,1-4,14-15H2,(H,18,19)(H,20,21)(H,22,23)/t7?,8-,9?,10?/m1/s1. The minimum absolute atomic E-state index is 0.135. The fourth-order valence-corrected chi connectivity index (χ4v) is 1.84. The van der Waals surface area contributed by atoms with Crippen molar-refractivity contribution in [3.8, 4) is 0 Å². The van der Waals surface area contributed by atoms with Gasteiger partial charge in [0.05, 0.1) is 12.5 Å². The molecule has 4 atom stereocenters. The third-order valence-corrected chi connectivity index (χ3v) is 3.05. The van der Waals surface area contributed by atoms with Gasteiger partial charge in [0.1, 0.15) is 18.4 Å². The highest BCUT2D eigenvalue weighted by molar-refractivity contribution is 5.75. The molecule has 0 aliphatic rings. The Kier molecular flexibility index (Phi) is 8.70. The van der Waals surface area contributed by atoms with Crippen molar-refractivity contribution in [2.24, 2.45) is 11.5 Å². The summed E-state index contributed by atoms with van der Waals surface area (Å²) in [5, 5.41) is 29.1. The average Bonchev–Trinajstić information content (AvgIpc) is 2.43. The molecule has 0 aromatic heterocycles. The van der Waals surface area contributed by atoms with E-state index in [9.17, 15) is 24.3 Å². The van der Waals surface area contributed by atoms with Crippen LogP contribution in [0.1, 0.15) is 19.3 Å². The molecular formula is C13H21N3O7. The second-order valence-electron chi connectivity index (χ2n) is 5.08. The monoisotopic (exact) mass is 331 g/mol. The summed E-state index contributed by atoms with van der Waals surface area (Å²) in [5.74, 6) is -3.82. The molecule has 0 aliphatic heterocycles. The number of aldehydes is 1. The second-order valence-corrected chi connectivity index (χ2v) is 5.08. The number of hydrogen-bond acceptors (Lipinski definition) is 7. The highest BCUT2D eigenvalue weighted by atomic mass is 16.4. The number of hydrogen-bond donors (Lipinski definition) is 6. The van der Waals surface area contributed by atoms with Crippen molar-refractivity contribution in [2.45, 2.75) is 43.4 Å². The molecule has 23 heavy (non-hydrogen) atoms. The first-order valence-electron chi connectivity index (χ1n) is 6.65. The topological polar surface area (TPSA) is 193 Å². The van der Waals surface area contributed by atoms with Gasteiger partial charge in [-0.3, -0.25) is 19.7 Å². The van der Waals surface area contributed by atoms with Crippen molar-refractivity contribution in [1.82, 2.24) is 5.32 Å². The molecule has 0 rings (SSSR count). The van der Waals surface area contributed by atoms with Crippen LogP contribution in [-0.2, 0) is 19.2 Å². The quantitative estimate of drug-likeness (QED) is 0.174. The molecule has 10 nitrogen and oxygen atoms in total. The molecule has 0 saturated carbocycles. The van der Waals surface area contributed by atoms with Crippen LogP contribution >= 0.6 is 0 Å². The van der Waals surface area contributed by atoms with Gasteiger partial charge in [0, 0.05) is 6.04 Å². The predicted octanol–water partition coefficient (Wildman–Crippen LogP) is -1.85. The van der Waals surface area contributed by atoms with Crippen LogP contribution in [0.3, 0.4) is 0 Å². The van der Waals surface area contributed by atoms with Crippen molar-refractivity contribution >= 4 is 24.2 Å². The lowest BCUT2D eigenvalue weighted by atomic mass is 9.98. The second kappa shape index (κ2) is 9.66. The van der Waals surface area contributed by atoms with Crippen LogP contribution in [0.5, 0.6) is 0 Å². The van der Waals surface area contributed by atoms with Gasteiger partial charge in [-0.25, -0.2) is 0 Å². The van der Waals surface area contributed by atoms with E-state index in [-0.39, 0.29) is 18.4 Å². The first-order chi connectivity index (χ1) is 10.6. The van der Waals surface area contributed by atoms with E-state index in [1.807, 2.05) is 0 Å². The molecule has 0 aliphatic carbocycles. The van der Waals surface area contributed by atoms with Crippen molar-refractivity contribution in [2.75, 3.05) is 0 Å². The van der Waals surface area contributed by atoms with Crippen LogP contribution in [-0.4, -0.2) is 63.7 Å². The number of carbonyl (C=O) groups is 4. The summed E-state index contributed by atoms with van der Waals surface area (Å²) < 4.78 is 0. The zero-order chi connectivity index (χ0) is 18.2. The maximum atomic E-state index is 11.3. The first kappa shape index (κ1) is 20.7. The van der Waals surface area contributed by atoms with E-state index in [0.29, 0.717) is 6.29 Å². The molecular weight excluding hydrogens is 310 g/mol. The lowest BCUT2D eigenvalue weighted by Crippen LogP contribution is -2.53. The van der Waals surface area contributed by atoms with Crippen molar-refractivity contribution in [1.29, 1.82) is 0 Å². The van der Waals surface area contributed by atoms with E-state index in [2.05, 4.69) is 11.9 Å². The highest BCUT2D eigenvalue weighted by Crippen LogP contribution is 2.12. The Hall–Kier alpha value is -2.30. The lowest BCUT2D eigenvalue weighted by molar-refractivity contribution is -0.142. The summed E-state index contributed by atoms with van der Waals surface area (Å²) >= 11 is 0. The van der Waals surface area contributed by atoms with Gasteiger partial charge in [-0.05, 0) is 12.8 Å². The van der Waals surface area contributed by atoms with Gasteiger partial charge in [0.25, 0.3) is 0 Å². The molecule has 0 radical (unpaired) electrons. The van der Waals surface area contributed by atoms with Gasteiger partial charge in [-0.15, -0.1) is 0 Å². The molecule has 0 bridgehead atoms. The molecule has 0 heterocycles. The number of nitrogens with two attached hydrogens (primary N) is 2. The van der Waals surface area contributed by atoms with E-state index in [4.69, 9.17) is 21.7 Å². The number of carboxylic acid groups (broad SMARTS) is 3. The smallest absolute Gasteiger partial charge is 0.321 e. The van der Waals surface area contributed by atoms with E-state index in [1.54, 1.807) is 0 Å². The Bertz CT molecular complexity index is 480. The summed E-state index contributed by atoms with van der Waals surface area (Å²) in [6, 6.07) is -4.79. The first-order valence-corrected chi connectivity index (χ1v) is 6.65. The molecule has 0 aromatic rings. The molecule has 0 saturated heterocycles. The van der Waals surface area contributed by atoms with Gasteiger partial charge in [-0.2, -0.15) is 0 Å². The molecule has 0 spiro atoms. The van der Waals surface area contributed by atoms with Crippen molar-refractivity contribution in [3.63, 3.8) is 0 Å². The summed E-state index contributed by atoms with van der Waals surface area (Å²) in [6.45, 7) is 3.57. The SMILES string of the molecule is C=C(CC(N)C(=O)O)CC(NC(CC(=O)O)[C@H](N)C=O)C(=O)O. The van der Waals surface area contributed by atoms with Crippen LogP contribution in [0, 0.1) is 0 Å². The Balaban J connectivity index is 4.91. The average molecular weight is 331 g/mol. The largest absolute Gasteiger partial charge is 0.481 e. The fraction of sp³-hybridized carbons (Fsp3) is 0.538. The van der Waals surface area contributed by atoms with Crippen LogP contribution < -0.4 is 16.8 Å². The highest BCUT2D eigenvalue weighted by Gasteiger charge is 2.28. The van der Waals surface area contributed by atoms with E-state index in [1.165, 1.54) is 0 Å². The summed E-state index contributed by atoms with van der Waals surface area (Å²) in [6.07, 6.45) is -0.554. The van der Waals surface area contributed by atoms with Gasteiger partial charge >= 0.3 is 17.9 Å². The third-order valence-electron chi connectivity index (χ3n) is 3.05. The number of aliphatic carboxylic acids is 3. The fourth-order valence-electron chi connectivity index (χ4n) is 1.84. The molecule has 10 heteroatoms. The van der Waals surface area contributed by atoms with E-state index in [0.717, 1.165) is 0 Å². The number of nitrogens with one attached hydrogen (secondary N) is 1. The Morgan fingerprint density at radius 3 is 2.00 bits per heavy atom. The summed E-state index contributed by atoms with van der Waals surface area (Å²) in [5.41, 5.74) is 11.1. The molecule has 8 N–H and O–H groups in total. The van der Waals surface area contributed by atoms with Gasteiger partial charge in [0.2, 0.25) is 0 Å². The Labute approximate surface area is 132 Å². The van der Waals surface area contributed by atoms with Crippen molar-refractivity contribution in [3.05, 3.63) is 12.2 Å². The van der Waals surface area contributed by atoms with E-state index >= 15 is 0 Å². The minimum Gasteiger partial charge on any atom is -0.481 e. The molecule has 3 unspecified atom stereocenters. The molecule has 0 amide bonds. The van der Waals surface area contributed by atoms with Crippen LogP contribution in [0.25, 0.3) is 0 Å². The maximum Gasteiger partial charge on any atom is 0.321 e. The predicted molar refractivity (Wildman–Crippen MR) is 78.6 cm³/mol. The third kappa shape index (κ3) is 8.04.